The summed E-state index contributed by atoms with van der Waals surface area (Å²) >= 11 is 0. The molecule has 1 unspecified atom stereocenters. The molecule has 0 aliphatic rings. The summed E-state index contributed by atoms with van der Waals surface area (Å²) in [6.07, 6.45) is 1.79. The van der Waals surface area contributed by atoms with Crippen LogP contribution in [0.5, 0.6) is 0 Å². The maximum atomic E-state index is 11.9. The summed E-state index contributed by atoms with van der Waals surface area (Å²) in [7, 11) is 1.88. The molecule has 0 fully saturated rings. The first kappa shape index (κ1) is 14.7. The van der Waals surface area contributed by atoms with Gasteiger partial charge in [0, 0.05) is 31.0 Å². The third-order valence-corrected chi connectivity index (χ3v) is 3.33. The highest BCUT2D eigenvalue weighted by molar-refractivity contribution is 5.79. The Bertz CT molecular complexity index is 413. The number of aryl methyl sites for hydroxylation is 2. The maximum Gasteiger partial charge on any atom is 0.224 e. The second-order valence-corrected chi connectivity index (χ2v) is 4.63. The summed E-state index contributed by atoms with van der Waals surface area (Å²) in [6, 6.07) is 0.0554. The van der Waals surface area contributed by atoms with Crippen LogP contribution in [0, 0.1) is 13.8 Å². The van der Waals surface area contributed by atoms with Gasteiger partial charge in [-0.1, -0.05) is 6.92 Å². The van der Waals surface area contributed by atoms with Crippen molar-refractivity contribution >= 4 is 5.91 Å². The number of hydrogen-bond acceptors (Lipinski definition) is 3. The van der Waals surface area contributed by atoms with E-state index < -0.39 is 0 Å². The first-order chi connectivity index (χ1) is 8.49. The zero-order valence-electron chi connectivity index (χ0n) is 11.7. The van der Waals surface area contributed by atoms with Crippen LogP contribution < -0.4 is 5.32 Å². The molecule has 0 saturated heterocycles. The predicted molar refractivity (Wildman–Crippen MR) is 70.3 cm³/mol. The van der Waals surface area contributed by atoms with Gasteiger partial charge in [-0.2, -0.15) is 5.10 Å². The Balaban J connectivity index is 2.64. The summed E-state index contributed by atoms with van der Waals surface area (Å²) in [5, 5.41) is 16.1. The number of rotatable bonds is 6. The smallest absolute Gasteiger partial charge is 0.224 e. The number of carbonyl (C=O) groups is 1. The number of amides is 1. The van der Waals surface area contributed by atoms with E-state index in [4.69, 9.17) is 5.11 Å². The molecule has 1 amide bonds. The second kappa shape index (κ2) is 6.54. The van der Waals surface area contributed by atoms with Crippen molar-refractivity contribution < 1.29 is 9.90 Å². The lowest BCUT2D eigenvalue weighted by Crippen LogP contribution is -2.36. The molecule has 1 aromatic rings. The number of aromatic nitrogens is 2. The predicted octanol–water partition coefficient (Wildman–Crippen LogP) is 0.857. The molecule has 18 heavy (non-hydrogen) atoms. The fourth-order valence-corrected chi connectivity index (χ4v) is 2.05. The molecule has 0 spiro atoms. The van der Waals surface area contributed by atoms with E-state index in [1.165, 1.54) is 0 Å². The van der Waals surface area contributed by atoms with Crippen LogP contribution in [0.3, 0.4) is 0 Å². The van der Waals surface area contributed by atoms with E-state index in [2.05, 4.69) is 10.4 Å². The van der Waals surface area contributed by atoms with Crippen LogP contribution in [-0.4, -0.2) is 33.4 Å². The molecule has 102 valence electrons. The number of aliphatic hydroxyl groups excluding tert-OH is 1. The average Bonchev–Trinajstić information content (AvgIpc) is 2.55. The Kier molecular flexibility index (Phi) is 5.34. The molecule has 0 bridgehead atoms. The summed E-state index contributed by atoms with van der Waals surface area (Å²) in [5.74, 6) is -0.00509. The normalized spacial score (nSPS) is 12.5. The fourth-order valence-electron chi connectivity index (χ4n) is 2.05. The third kappa shape index (κ3) is 3.57. The van der Waals surface area contributed by atoms with Gasteiger partial charge in [-0.25, -0.2) is 0 Å². The van der Waals surface area contributed by atoms with E-state index in [0.29, 0.717) is 12.8 Å². The van der Waals surface area contributed by atoms with Crippen molar-refractivity contribution in [2.75, 3.05) is 6.61 Å². The quantitative estimate of drug-likeness (QED) is 0.790. The van der Waals surface area contributed by atoms with E-state index in [1.54, 1.807) is 4.68 Å². The number of aliphatic hydroxyl groups is 1. The van der Waals surface area contributed by atoms with Gasteiger partial charge in [-0.05, 0) is 26.7 Å². The van der Waals surface area contributed by atoms with Gasteiger partial charge < -0.3 is 10.4 Å². The molecule has 1 aromatic heterocycles. The van der Waals surface area contributed by atoms with Gasteiger partial charge in [0.25, 0.3) is 0 Å². The third-order valence-electron chi connectivity index (χ3n) is 3.33. The van der Waals surface area contributed by atoms with Crippen molar-refractivity contribution in [1.29, 1.82) is 0 Å². The SMILES string of the molecule is CCC(CCO)NC(=O)Cc1c(C)nn(C)c1C. The van der Waals surface area contributed by atoms with E-state index in [0.717, 1.165) is 23.4 Å². The zero-order valence-corrected chi connectivity index (χ0v) is 11.7. The fraction of sp³-hybridized carbons (Fsp3) is 0.692. The average molecular weight is 253 g/mol. The van der Waals surface area contributed by atoms with E-state index in [1.807, 2.05) is 27.8 Å². The van der Waals surface area contributed by atoms with Gasteiger partial charge in [0.2, 0.25) is 5.91 Å². The highest BCUT2D eigenvalue weighted by Gasteiger charge is 2.15. The lowest BCUT2D eigenvalue weighted by Gasteiger charge is -2.15. The standard InChI is InChI=1S/C13H23N3O2/c1-5-11(6-7-17)14-13(18)8-12-9(2)15-16(4)10(12)3/h11,17H,5-8H2,1-4H3,(H,14,18). The first-order valence-electron chi connectivity index (χ1n) is 6.38. The Hall–Kier alpha value is -1.36. The van der Waals surface area contributed by atoms with E-state index >= 15 is 0 Å². The van der Waals surface area contributed by atoms with Crippen molar-refractivity contribution in [1.82, 2.24) is 15.1 Å². The minimum absolute atomic E-state index is 0.00509. The van der Waals surface area contributed by atoms with Crippen LogP contribution in [0.2, 0.25) is 0 Å². The summed E-state index contributed by atoms with van der Waals surface area (Å²) < 4.78 is 1.79. The van der Waals surface area contributed by atoms with Gasteiger partial charge in [-0.3, -0.25) is 9.48 Å². The number of nitrogens with one attached hydrogen (secondary N) is 1. The van der Waals surface area contributed by atoms with Crippen molar-refractivity contribution in [3.05, 3.63) is 17.0 Å². The molecule has 0 saturated carbocycles. The van der Waals surface area contributed by atoms with Crippen molar-refractivity contribution in [2.45, 2.75) is 46.1 Å². The molecular formula is C13H23N3O2. The molecule has 5 nitrogen and oxygen atoms in total. The van der Waals surface area contributed by atoms with E-state index in [9.17, 15) is 4.79 Å². The van der Waals surface area contributed by atoms with Crippen molar-refractivity contribution in [3.63, 3.8) is 0 Å². The summed E-state index contributed by atoms with van der Waals surface area (Å²) in [6.45, 7) is 5.99. The molecule has 0 aliphatic heterocycles. The van der Waals surface area contributed by atoms with Crippen LogP contribution in [0.4, 0.5) is 0 Å². The molecule has 5 heteroatoms. The van der Waals surface area contributed by atoms with Crippen molar-refractivity contribution in [2.24, 2.45) is 7.05 Å². The number of nitrogens with zero attached hydrogens (tertiary/aromatic N) is 2. The first-order valence-corrected chi connectivity index (χ1v) is 6.38. The minimum atomic E-state index is -0.00509. The Morgan fingerprint density at radius 1 is 1.50 bits per heavy atom. The molecule has 2 N–H and O–H groups in total. The van der Waals surface area contributed by atoms with E-state index in [-0.39, 0.29) is 18.6 Å². The highest BCUT2D eigenvalue weighted by atomic mass is 16.3. The topological polar surface area (TPSA) is 67.2 Å². The van der Waals surface area contributed by atoms with Gasteiger partial charge in [0.1, 0.15) is 0 Å². The van der Waals surface area contributed by atoms with Gasteiger partial charge in [-0.15, -0.1) is 0 Å². The van der Waals surface area contributed by atoms with Gasteiger partial charge >= 0.3 is 0 Å². The molecule has 1 rings (SSSR count). The number of carbonyl (C=O) groups excluding carboxylic acids is 1. The molecular weight excluding hydrogens is 230 g/mol. The lowest BCUT2D eigenvalue weighted by molar-refractivity contribution is -0.121. The van der Waals surface area contributed by atoms with Crippen LogP contribution >= 0.6 is 0 Å². The highest BCUT2D eigenvalue weighted by Crippen LogP contribution is 2.12. The lowest BCUT2D eigenvalue weighted by atomic mass is 10.1. The Labute approximate surface area is 108 Å². The maximum absolute atomic E-state index is 11.9. The molecule has 1 heterocycles. The Morgan fingerprint density at radius 2 is 2.17 bits per heavy atom. The minimum Gasteiger partial charge on any atom is -0.396 e. The molecule has 1 atom stereocenters. The summed E-state index contributed by atoms with van der Waals surface area (Å²) in [5.41, 5.74) is 2.92. The van der Waals surface area contributed by atoms with Crippen LogP contribution in [-0.2, 0) is 18.3 Å². The van der Waals surface area contributed by atoms with Gasteiger partial charge in [0.15, 0.2) is 0 Å². The van der Waals surface area contributed by atoms with Crippen LogP contribution in [0.1, 0.15) is 36.7 Å². The largest absolute Gasteiger partial charge is 0.396 e. The zero-order chi connectivity index (χ0) is 13.7. The van der Waals surface area contributed by atoms with Crippen LogP contribution in [0.15, 0.2) is 0 Å². The van der Waals surface area contributed by atoms with Gasteiger partial charge in [0.05, 0.1) is 12.1 Å². The second-order valence-electron chi connectivity index (χ2n) is 4.63. The molecule has 0 aliphatic carbocycles. The Morgan fingerprint density at radius 3 is 2.61 bits per heavy atom. The monoisotopic (exact) mass is 253 g/mol. The molecule has 0 aromatic carbocycles. The van der Waals surface area contributed by atoms with Crippen molar-refractivity contribution in [3.8, 4) is 0 Å². The molecule has 0 radical (unpaired) electrons. The summed E-state index contributed by atoms with van der Waals surface area (Å²) in [4.78, 5) is 11.9. The number of hydrogen-bond donors (Lipinski definition) is 2. The van der Waals surface area contributed by atoms with Crippen LogP contribution in [0.25, 0.3) is 0 Å².